The summed E-state index contributed by atoms with van der Waals surface area (Å²) in [6.45, 7) is 5.49. The van der Waals surface area contributed by atoms with Gasteiger partial charge in [-0.05, 0) is 24.9 Å². The Morgan fingerprint density at radius 2 is 2.00 bits per heavy atom. The summed E-state index contributed by atoms with van der Waals surface area (Å²) in [5.74, 6) is 1.07. The minimum atomic E-state index is -0.0377. The van der Waals surface area contributed by atoms with Crippen molar-refractivity contribution in [3.8, 4) is 0 Å². The molecule has 0 aliphatic carbocycles. The maximum absolute atomic E-state index is 5.59. The summed E-state index contributed by atoms with van der Waals surface area (Å²) in [5, 5.41) is 3.34. The molecular weight excluding hydrogens is 262 g/mol. The van der Waals surface area contributed by atoms with Gasteiger partial charge in [0.05, 0.1) is 5.41 Å². The van der Waals surface area contributed by atoms with Gasteiger partial charge in [-0.25, -0.2) is 4.98 Å². The fourth-order valence-corrected chi connectivity index (χ4v) is 3.09. The zero-order valence-corrected chi connectivity index (χ0v) is 12.6. The summed E-state index contributed by atoms with van der Waals surface area (Å²) in [7, 11) is 0. The first-order valence-electron chi connectivity index (χ1n) is 7.73. The van der Waals surface area contributed by atoms with Crippen LogP contribution < -0.4 is 5.32 Å². The number of aromatic nitrogens is 2. The second-order valence-electron chi connectivity index (χ2n) is 5.60. The highest BCUT2D eigenvalue weighted by Gasteiger charge is 2.38. The topological polar surface area (TPSA) is 49.9 Å². The van der Waals surface area contributed by atoms with Crippen LogP contribution in [0.3, 0.4) is 0 Å². The lowest BCUT2D eigenvalue weighted by molar-refractivity contribution is 0.0607. The second kappa shape index (κ2) is 6.41. The first kappa shape index (κ1) is 14.3. The highest BCUT2D eigenvalue weighted by molar-refractivity contribution is 5.34. The van der Waals surface area contributed by atoms with Crippen LogP contribution in [-0.2, 0) is 16.7 Å². The van der Waals surface area contributed by atoms with Gasteiger partial charge in [0, 0.05) is 31.6 Å². The van der Waals surface area contributed by atoms with Gasteiger partial charge < -0.3 is 15.0 Å². The molecule has 2 aromatic rings. The van der Waals surface area contributed by atoms with Crippen LogP contribution >= 0.6 is 0 Å². The molecule has 21 heavy (non-hydrogen) atoms. The average Bonchev–Trinajstić information content (AvgIpc) is 3.04. The van der Waals surface area contributed by atoms with E-state index in [4.69, 9.17) is 9.72 Å². The van der Waals surface area contributed by atoms with Crippen molar-refractivity contribution in [3.05, 3.63) is 53.6 Å². The molecule has 1 aliphatic heterocycles. The Morgan fingerprint density at radius 1 is 1.24 bits per heavy atom. The molecule has 4 nitrogen and oxygen atoms in total. The summed E-state index contributed by atoms with van der Waals surface area (Å²) in [5.41, 5.74) is 2.44. The molecule has 112 valence electrons. The van der Waals surface area contributed by atoms with Crippen molar-refractivity contribution in [2.24, 2.45) is 0 Å². The Bertz CT molecular complexity index is 558. The number of aromatic amines is 1. The molecule has 3 rings (SSSR count). The minimum absolute atomic E-state index is 0.0377. The largest absolute Gasteiger partial charge is 0.381 e. The molecule has 0 bridgehead atoms. The van der Waals surface area contributed by atoms with Crippen LogP contribution in [0.15, 0.2) is 36.5 Å². The van der Waals surface area contributed by atoms with Crippen molar-refractivity contribution in [2.45, 2.75) is 31.7 Å². The summed E-state index contributed by atoms with van der Waals surface area (Å²) >= 11 is 0. The van der Waals surface area contributed by atoms with E-state index in [0.717, 1.165) is 50.7 Å². The van der Waals surface area contributed by atoms with Crippen LogP contribution in [0, 0.1) is 0 Å². The highest BCUT2D eigenvalue weighted by Crippen LogP contribution is 2.39. The van der Waals surface area contributed by atoms with Gasteiger partial charge in [0.2, 0.25) is 0 Å². The zero-order valence-electron chi connectivity index (χ0n) is 12.6. The maximum Gasteiger partial charge on any atom is 0.117 e. The highest BCUT2D eigenvalue weighted by atomic mass is 16.5. The van der Waals surface area contributed by atoms with Crippen LogP contribution in [-0.4, -0.2) is 29.7 Å². The van der Waals surface area contributed by atoms with Crippen molar-refractivity contribution in [3.63, 3.8) is 0 Å². The average molecular weight is 285 g/mol. The number of nitrogens with zero attached hydrogens (tertiary/aromatic N) is 1. The molecule has 1 aliphatic rings. The van der Waals surface area contributed by atoms with Crippen molar-refractivity contribution in [1.29, 1.82) is 0 Å². The normalized spacial score (nSPS) is 17.8. The van der Waals surface area contributed by atoms with Gasteiger partial charge in [-0.3, -0.25) is 0 Å². The van der Waals surface area contributed by atoms with Crippen LogP contribution in [0.2, 0.25) is 0 Å². The minimum Gasteiger partial charge on any atom is -0.381 e. The Labute approximate surface area is 125 Å². The molecule has 1 aromatic carbocycles. The van der Waals surface area contributed by atoms with Gasteiger partial charge >= 0.3 is 0 Å². The third kappa shape index (κ3) is 2.87. The molecule has 0 radical (unpaired) electrons. The van der Waals surface area contributed by atoms with Crippen molar-refractivity contribution >= 4 is 0 Å². The summed E-state index contributed by atoms with van der Waals surface area (Å²) in [6, 6.07) is 10.7. The lowest BCUT2D eigenvalue weighted by Gasteiger charge is -2.36. The monoisotopic (exact) mass is 285 g/mol. The smallest absolute Gasteiger partial charge is 0.117 e. The Hall–Kier alpha value is -1.65. The zero-order chi connectivity index (χ0) is 14.5. The van der Waals surface area contributed by atoms with E-state index in [-0.39, 0.29) is 5.41 Å². The summed E-state index contributed by atoms with van der Waals surface area (Å²) in [6.07, 6.45) is 3.91. The number of imidazole rings is 1. The summed E-state index contributed by atoms with van der Waals surface area (Å²) < 4.78 is 5.59. The third-order valence-electron chi connectivity index (χ3n) is 4.32. The molecular formula is C17H23N3O. The lowest BCUT2D eigenvalue weighted by atomic mass is 9.73. The molecule has 0 unspecified atom stereocenters. The maximum atomic E-state index is 5.59. The van der Waals surface area contributed by atoms with E-state index in [1.165, 1.54) is 5.56 Å². The number of H-pyrrole nitrogens is 1. The fourth-order valence-electron chi connectivity index (χ4n) is 3.09. The predicted molar refractivity (Wildman–Crippen MR) is 83.2 cm³/mol. The van der Waals surface area contributed by atoms with Crippen LogP contribution in [0.4, 0.5) is 0 Å². The molecule has 2 N–H and O–H groups in total. The number of rotatable bonds is 5. The van der Waals surface area contributed by atoms with E-state index < -0.39 is 0 Å². The Kier molecular flexibility index (Phi) is 4.36. The van der Waals surface area contributed by atoms with Crippen molar-refractivity contribution < 1.29 is 4.74 Å². The number of ether oxygens (including phenoxy) is 1. The number of hydrogen-bond acceptors (Lipinski definition) is 3. The first-order chi connectivity index (χ1) is 10.3. The molecule has 4 heteroatoms. The molecule has 1 saturated heterocycles. The van der Waals surface area contributed by atoms with E-state index in [1.54, 1.807) is 0 Å². The first-order valence-corrected chi connectivity index (χ1v) is 7.73. The van der Waals surface area contributed by atoms with Crippen LogP contribution in [0.1, 0.15) is 36.8 Å². The van der Waals surface area contributed by atoms with E-state index >= 15 is 0 Å². The SMILES string of the molecule is CCNCc1cnc(C2(c3ccccc3)CCOCC2)[nH]1. The standard InChI is InChI=1S/C17H23N3O/c1-2-18-12-15-13-19-16(20-15)17(8-10-21-11-9-17)14-6-4-3-5-7-14/h3-7,13,18H,2,8-12H2,1H3,(H,19,20). The molecule has 1 fully saturated rings. The fraction of sp³-hybridized carbons (Fsp3) is 0.471. The van der Waals surface area contributed by atoms with Gasteiger partial charge in [-0.2, -0.15) is 0 Å². The Morgan fingerprint density at radius 3 is 2.71 bits per heavy atom. The molecule has 0 atom stereocenters. The predicted octanol–water partition coefficient (Wildman–Crippen LogP) is 2.62. The summed E-state index contributed by atoms with van der Waals surface area (Å²) in [4.78, 5) is 8.22. The number of nitrogens with one attached hydrogen (secondary N) is 2. The van der Waals surface area contributed by atoms with Crippen molar-refractivity contribution in [1.82, 2.24) is 15.3 Å². The van der Waals surface area contributed by atoms with Gasteiger partial charge in [0.25, 0.3) is 0 Å². The second-order valence-corrected chi connectivity index (χ2v) is 5.60. The van der Waals surface area contributed by atoms with E-state index in [9.17, 15) is 0 Å². The van der Waals surface area contributed by atoms with Gasteiger partial charge in [0.1, 0.15) is 5.82 Å². The van der Waals surface area contributed by atoms with Gasteiger partial charge in [-0.15, -0.1) is 0 Å². The van der Waals surface area contributed by atoms with E-state index in [0.29, 0.717) is 0 Å². The van der Waals surface area contributed by atoms with Crippen molar-refractivity contribution in [2.75, 3.05) is 19.8 Å². The van der Waals surface area contributed by atoms with Crippen LogP contribution in [0.25, 0.3) is 0 Å². The molecule has 1 aromatic heterocycles. The lowest BCUT2D eigenvalue weighted by Crippen LogP contribution is -2.36. The van der Waals surface area contributed by atoms with E-state index in [2.05, 4.69) is 47.6 Å². The van der Waals surface area contributed by atoms with E-state index in [1.807, 2.05) is 6.20 Å². The number of benzene rings is 1. The quantitative estimate of drug-likeness (QED) is 0.888. The molecule has 0 amide bonds. The Balaban J connectivity index is 1.94. The molecule has 0 saturated carbocycles. The molecule has 2 heterocycles. The third-order valence-corrected chi connectivity index (χ3v) is 4.32. The van der Waals surface area contributed by atoms with Gasteiger partial charge in [0.15, 0.2) is 0 Å². The molecule has 0 spiro atoms. The van der Waals surface area contributed by atoms with Crippen LogP contribution in [0.5, 0.6) is 0 Å². The number of hydrogen-bond donors (Lipinski definition) is 2. The van der Waals surface area contributed by atoms with Gasteiger partial charge in [-0.1, -0.05) is 37.3 Å².